The maximum atomic E-state index is 8.91. The zero-order valence-corrected chi connectivity index (χ0v) is 29.3. The summed E-state index contributed by atoms with van der Waals surface area (Å²) in [5.41, 5.74) is 3.48. The van der Waals surface area contributed by atoms with Gasteiger partial charge < -0.3 is 0 Å². The smallest absolute Gasteiger partial charge is 0.163 e. The van der Waals surface area contributed by atoms with E-state index in [1.54, 1.807) is 23.5 Å². The van der Waals surface area contributed by atoms with Gasteiger partial charge in [0.25, 0.3) is 0 Å². The van der Waals surface area contributed by atoms with Crippen molar-refractivity contribution in [3.05, 3.63) is 164 Å². The van der Waals surface area contributed by atoms with E-state index in [0.29, 0.717) is 17.0 Å². The number of benzene rings is 8. The Morgan fingerprint density at radius 1 is 0.491 bits per heavy atom. The summed E-state index contributed by atoms with van der Waals surface area (Å²) in [5, 5.41) is 9.06. The summed E-state index contributed by atoms with van der Waals surface area (Å²) >= 11 is 3.43. The molecule has 246 valence electrons. The van der Waals surface area contributed by atoms with Crippen LogP contribution in [-0.2, 0) is 0 Å². The molecule has 0 amide bonds. The Labute approximate surface area is 321 Å². The monoisotopic (exact) mass is 716 g/mol. The predicted molar refractivity (Wildman–Crippen MR) is 228 cm³/mol. The van der Waals surface area contributed by atoms with Gasteiger partial charge in [-0.05, 0) is 45.5 Å². The summed E-state index contributed by atoms with van der Waals surface area (Å²) in [5.74, 6) is 1.25. The van der Waals surface area contributed by atoms with Crippen molar-refractivity contribution < 1.29 is 9.60 Å². The third kappa shape index (κ3) is 4.15. The standard InChI is InChI=1S/C48H27N3S2/c1-2-14-31-28(12-1)13-11-20-32(31)29-24-26-30(27-25-29)46-49-47(43-37-19-7-10-23-40(37)53-48(43)50-46)51-38-21-8-5-17-35(38)41-33-15-3-4-16-34(33)45-42(44(41)51)36-18-6-9-22-39(36)52-45/h1-27H/i1D,2D,11D,12D,13D,14D,20D. The zero-order valence-electron chi connectivity index (χ0n) is 34.7. The van der Waals surface area contributed by atoms with Crippen molar-refractivity contribution in [2.45, 2.75) is 0 Å². The number of hydrogen-bond donors (Lipinski definition) is 0. The fourth-order valence-corrected chi connectivity index (χ4v) is 10.4. The molecule has 4 aromatic heterocycles. The third-order valence-corrected chi connectivity index (χ3v) is 12.6. The highest BCUT2D eigenvalue weighted by Crippen LogP contribution is 2.49. The molecule has 0 aliphatic rings. The summed E-state index contributed by atoms with van der Waals surface area (Å²) in [6.45, 7) is 0. The first-order valence-corrected chi connectivity index (χ1v) is 18.9. The summed E-state index contributed by atoms with van der Waals surface area (Å²) in [7, 11) is 0. The summed E-state index contributed by atoms with van der Waals surface area (Å²) < 4.78 is 65.9. The van der Waals surface area contributed by atoms with Crippen LogP contribution in [0.2, 0.25) is 0 Å². The molecule has 0 radical (unpaired) electrons. The second-order valence-electron chi connectivity index (χ2n) is 13.2. The maximum absolute atomic E-state index is 8.91. The fourth-order valence-electron chi connectivity index (χ4n) is 8.05. The number of para-hydroxylation sites is 1. The number of nitrogens with zero attached hydrogens (tertiary/aromatic N) is 3. The normalized spacial score (nSPS) is 14.0. The van der Waals surface area contributed by atoms with Crippen LogP contribution < -0.4 is 0 Å². The molecule has 0 atom stereocenters. The predicted octanol–water partition coefficient (Wildman–Crippen LogP) is 13.9. The van der Waals surface area contributed by atoms with Crippen LogP contribution in [-0.4, -0.2) is 14.5 Å². The average Bonchev–Trinajstić information content (AvgIpc) is 3.97. The van der Waals surface area contributed by atoms with Gasteiger partial charge in [0.15, 0.2) is 11.6 Å². The van der Waals surface area contributed by atoms with Crippen molar-refractivity contribution in [1.82, 2.24) is 14.5 Å². The van der Waals surface area contributed by atoms with Gasteiger partial charge in [0.2, 0.25) is 0 Å². The van der Waals surface area contributed by atoms with Crippen molar-refractivity contribution in [2.75, 3.05) is 0 Å². The highest BCUT2D eigenvalue weighted by molar-refractivity contribution is 7.27. The molecule has 12 rings (SSSR count). The number of aromatic nitrogens is 3. The lowest BCUT2D eigenvalue weighted by Crippen LogP contribution is -2.02. The first-order chi connectivity index (χ1) is 29.2. The Bertz CT molecular complexity index is 3860. The summed E-state index contributed by atoms with van der Waals surface area (Å²) in [6.07, 6.45) is 0. The summed E-state index contributed by atoms with van der Waals surface area (Å²) in [6, 6.07) is 38.7. The van der Waals surface area contributed by atoms with Crippen molar-refractivity contribution in [3.63, 3.8) is 0 Å². The number of fused-ring (bicyclic) bond motifs is 14. The third-order valence-electron chi connectivity index (χ3n) is 10.3. The molecule has 5 heteroatoms. The van der Waals surface area contributed by atoms with E-state index < -0.39 is 30.2 Å². The van der Waals surface area contributed by atoms with Crippen molar-refractivity contribution in [1.29, 1.82) is 0 Å². The van der Waals surface area contributed by atoms with E-state index >= 15 is 0 Å². The quantitative estimate of drug-likeness (QED) is 0.182. The minimum atomic E-state index is -0.478. The average molecular weight is 717 g/mol. The Morgan fingerprint density at radius 2 is 1.13 bits per heavy atom. The van der Waals surface area contributed by atoms with Crippen LogP contribution in [0.15, 0.2) is 164 Å². The van der Waals surface area contributed by atoms with Crippen LogP contribution in [0.3, 0.4) is 0 Å². The van der Waals surface area contributed by atoms with Crippen LogP contribution in [0, 0.1) is 0 Å². The van der Waals surface area contributed by atoms with Gasteiger partial charge in [0.05, 0.1) is 26.0 Å². The molecule has 0 bridgehead atoms. The van der Waals surface area contributed by atoms with Gasteiger partial charge in [-0.2, -0.15) is 0 Å². The van der Waals surface area contributed by atoms with Gasteiger partial charge in [0.1, 0.15) is 4.83 Å². The first-order valence-electron chi connectivity index (χ1n) is 20.8. The number of hydrogen-bond acceptors (Lipinski definition) is 4. The largest absolute Gasteiger partial charge is 0.292 e. The molecule has 3 nitrogen and oxygen atoms in total. The van der Waals surface area contributed by atoms with Gasteiger partial charge in [0, 0.05) is 52.0 Å². The van der Waals surface area contributed by atoms with E-state index in [1.165, 1.54) is 36.3 Å². The molecular weight excluding hydrogens is 683 g/mol. The van der Waals surface area contributed by atoms with E-state index in [-0.39, 0.29) is 28.4 Å². The molecule has 53 heavy (non-hydrogen) atoms. The second kappa shape index (κ2) is 11.1. The lowest BCUT2D eigenvalue weighted by Gasteiger charge is -2.13. The topological polar surface area (TPSA) is 30.7 Å². The second-order valence-corrected chi connectivity index (χ2v) is 15.2. The zero-order chi connectivity index (χ0) is 40.7. The molecule has 0 saturated carbocycles. The fraction of sp³-hybridized carbons (Fsp3) is 0. The summed E-state index contributed by atoms with van der Waals surface area (Å²) in [4.78, 5) is 11.5. The van der Waals surface area contributed by atoms with E-state index in [0.717, 1.165) is 42.5 Å². The van der Waals surface area contributed by atoms with Gasteiger partial charge in [-0.1, -0.05) is 145 Å². The first kappa shape index (κ1) is 23.2. The Kier molecular flexibility index (Phi) is 4.84. The van der Waals surface area contributed by atoms with E-state index in [2.05, 4.69) is 95.6 Å². The molecule has 4 heterocycles. The van der Waals surface area contributed by atoms with E-state index in [4.69, 9.17) is 19.6 Å². The molecule has 0 saturated heterocycles. The molecule has 0 aliphatic carbocycles. The van der Waals surface area contributed by atoms with Crippen LogP contribution in [0.25, 0.3) is 112 Å². The SMILES string of the molecule is [2H]c1c([2H])c([2H])c2c(-c3ccc(-c4nc(-n5c6ccccc6c6c7ccccc7c7sc8ccccc8c7c65)c5c(n4)sc4ccccc45)cc3)c([2H])c([2H])c([2H])c2c1[2H]. The minimum absolute atomic E-state index is 0.0520. The van der Waals surface area contributed by atoms with E-state index in [1.807, 2.05) is 29.5 Å². The molecule has 8 aromatic carbocycles. The van der Waals surface area contributed by atoms with Gasteiger partial charge in [-0.25, -0.2) is 9.97 Å². The van der Waals surface area contributed by atoms with Crippen LogP contribution >= 0.6 is 22.7 Å². The lowest BCUT2D eigenvalue weighted by atomic mass is 9.97. The lowest BCUT2D eigenvalue weighted by molar-refractivity contribution is 1.08. The minimum Gasteiger partial charge on any atom is -0.292 e. The Balaban J connectivity index is 1.17. The van der Waals surface area contributed by atoms with Gasteiger partial charge >= 0.3 is 0 Å². The van der Waals surface area contributed by atoms with Crippen LogP contribution in [0.5, 0.6) is 0 Å². The highest BCUT2D eigenvalue weighted by atomic mass is 32.1. The van der Waals surface area contributed by atoms with Crippen LogP contribution in [0.1, 0.15) is 9.60 Å². The molecule has 0 N–H and O–H groups in total. The van der Waals surface area contributed by atoms with Crippen molar-refractivity contribution in [3.8, 4) is 28.3 Å². The maximum Gasteiger partial charge on any atom is 0.163 e. The molecule has 0 fully saturated rings. The molecule has 0 unspecified atom stereocenters. The molecule has 0 spiro atoms. The highest BCUT2D eigenvalue weighted by Gasteiger charge is 2.25. The molecule has 0 aliphatic heterocycles. The van der Waals surface area contributed by atoms with Crippen LogP contribution in [0.4, 0.5) is 0 Å². The van der Waals surface area contributed by atoms with Crippen molar-refractivity contribution in [2.24, 2.45) is 0 Å². The number of thiophene rings is 2. The molecular formula is C48H27N3S2. The van der Waals surface area contributed by atoms with E-state index in [9.17, 15) is 0 Å². The Hall–Kier alpha value is -6.40. The number of rotatable bonds is 3. The molecule has 12 aromatic rings. The van der Waals surface area contributed by atoms with Gasteiger partial charge in [-0.3, -0.25) is 4.57 Å². The van der Waals surface area contributed by atoms with Crippen molar-refractivity contribution >= 4 is 106 Å². The Morgan fingerprint density at radius 3 is 1.96 bits per heavy atom. The van der Waals surface area contributed by atoms with Gasteiger partial charge in [-0.15, -0.1) is 22.7 Å².